The predicted molar refractivity (Wildman–Crippen MR) is 134 cm³/mol. The molecule has 11 nitrogen and oxygen atoms in total. The summed E-state index contributed by atoms with van der Waals surface area (Å²) >= 11 is 0. The third-order valence-corrected chi connectivity index (χ3v) is 6.12. The Kier molecular flexibility index (Phi) is 7.75. The predicted octanol–water partition coefficient (Wildman–Crippen LogP) is 4.83. The lowest BCUT2D eigenvalue weighted by atomic mass is 9.95. The van der Waals surface area contributed by atoms with E-state index < -0.39 is 17.9 Å². The first kappa shape index (κ1) is 25.6. The maximum atomic E-state index is 17.0. The van der Waals surface area contributed by atoms with Crippen molar-refractivity contribution in [3.05, 3.63) is 94.1 Å². The fourth-order valence-corrected chi connectivity index (χ4v) is 4.36. The Balaban J connectivity index is 1.46. The standard InChI is InChI=1S/C26H26FN7O4/c1-2-36-24-23-29-13-21(34(23)32-25(30-24)31-33-28)26(27)17-38-20(16-35-14-18-9-5-3-6-10-18)22(26)37-15-19-11-7-4-8-12-19/h3-13,20,22H,2,14-17H2,1H3/t20-,22-,26-/m1/s1. The molecule has 0 aliphatic carbocycles. The summed E-state index contributed by atoms with van der Waals surface area (Å²) in [4.78, 5) is 11.1. The summed E-state index contributed by atoms with van der Waals surface area (Å²) in [5, 5.41) is 7.67. The number of benzene rings is 2. The van der Waals surface area contributed by atoms with Crippen molar-refractivity contribution in [2.45, 2.75) is 38.0 Å². The minimum atomic E-state index is -2.15. The zero-order valence-electron chi connectivity index (χ0n) is 20.7. The van der Waals surface area contributed by atoms with Gasteiger partial charge in [0.2, 0.25) is 17.3 Å². The van der Waals surface area contributed by atoms with Crippen molar-refractivity contribution in [3.8, 4) is 5.88 Å². The Morgan fingerprint density at radius 3 is 2.53 bits per heavy atom. The highest BCUT2D eigenvalue weighted by molar-refractivity contribution is 5.52. The van der Waals surface area contributed by atoms with Crippen LogP contribution in [0.5, 0.6) is 5.88 Å². The molecule has 2 aromatic heterocycles. The zero-order chi connectivity index (χ0) is 26.4. The summed E-state index contributed by atoms with van der Waals surface area (Å²) in [6.45, 7) is 2.35. The van der Waals surface area contributed by atoms with Crippen molar-refractivity contribution in [1.29, 1.82) is 0 Å². The van der Waals surface area contributed by atoms with Gasteiger partial charge < -0.3 is 18.9 Å². The van der Waals surface area contributed by atoms with Gasteiger partial charge in [0, 0.05) is 4.91 Å². The van der Waals surface area contributed by atoms with Crippen molar-refractivity contribution in [2.75, 3.05) is 19.8 Å². The molecule has 3 heterocycles. The average molecular weight is 520 g/mol. The van der Waals surface area contributed by atoms with E-state index in [0.717, 1.165) is 11.1 Å². The van der Waals surface area contributed by atoms with Crippen molar-refractivity contribution < 1.29 is 23.3 Å². The number of alkyl halides is 1. The highest BCUT2D eigenvalue weighted by Gasteiger charge is 2.55. The van der Waals surface area contributed by atoms with E-state index in [4.69, 9.17) is 24.5 Å². The molecule has 0 radical (unpaired) electrons. The molecule has 5 rings (SSSR count). The summed E-state index contributed by atoms with van der Waals surface area (Å²) < 4.78 is 41.8. The third kappa shape index (κ3) is 5.29. The van der Waals surface area contributed by atoms with Gasteiger partial charge in [-0.05, 0) is 28.7 Å². The van der Waals surface area contributed by atoms with Crippen LogP contribution in [0.3, 0.4) is 0 Å². The van der Waals surface area contributed by atoms with Crippen LogP contribution in [0, 0.1) is 0 Å². The van der Waals surface area contributed by atoms with Gasteiger partial charge in [0.1, 0.15) is 17.9 Å². The average Bonchev–Trinajstić information content (AvgIpc) is 3.51. The Morgan fingerprint density at radius 2 is 1.84 bits per heavy atom. The van der Waals surface area contributed by atoms with Crippen molar-refractivity contribution in [2.24, 2.45) is 5.11 Å². The van der Waals surface area contributed by atoms with Crippen LogP contribution in [0.15, 0.2) is 72.0 Å². The highest BCUT2D eigenvalue weighted by Crippen LogP contribution is 2.41. The molecule has 2 aromatic carbocycles. The van der Waals surface area contributed by atoms with E-state index in [0.29, 0.717) is 6.61 Å². The number of ether oxygens (including phenoxy) is 4. The normalized spacial score (nSPS) is 20.9. The minimum Gasteiger partial charge on any atom is -0.475 e. The molecule has 1 fully saturated rings. The molecule has 196 valence electrons. The Labute approximate surface area is 217 Å². The number of hydrogen-bond acceptors (Lipinski definition) is 8. The van der Waals surface area contributed by atoms with Crippen molar-refractivity contribution in [3.63, 3.8) is 0 Å². The van der Waals surface area contributed by atoms with E-state index in [-0.39, 0.29) is 49.6 Å². The van der Waals surface area contributed by atoms with Crippen LogP contribution in [0.4, 0.5) is 10.3 Å². The maximum Gasteiger partial charge on any atom is 0.261 e. The number of hydrogen-bond donors (Lipinski definition) is 0. The molecule has 0 spiro atoms. The van der Waals surface area contributed by atoms with Crippen LogP contribution in [-0.2, 0) is 33.1 Å². The molecule has 3 atom stereocenters. The summed E-state index contributed by atoms with van der Waals surface area (Å²) in [5.41, 5.74) is 8.87. The molecular formula is C26H26FN7O4. The Morgan fingerprint density at radius 1 is 1.13 bits per heavy atom. The van der Waals surface area contributed by atoms with E-state index in [2.05, 4.69) is 25.1 Å². The highest BCUT2D eigenvalue weighted by atomic mass is 19.1. The number of azide groups is 1. The van der Waals surface area contributed by atoms with Gasteiger partial charge in [0.25, 0.3) is 5.88 Å². The SMILES string of the molecule is CCOc1nc(N=[N+]=[N-])nn2c([C@]3(F)CO[C@H](COCc4ccccc4)[C@H]3OCc3ccccc3)cnc12. The number of aromatic nitrogens is 4. The monoisotopic (exact) mass is 519 g/mol. The molecule has 0 unspecified atom stereocenters. The lowest BCUT2D eigenvalue weighted by molar-refractivity contribution is -0.0860. The largest absolute Gasteiger partial charge is 0.475 e. The zero-order valence-corrected chi connectivity index (χ0v) is 20.7. The van der Waals surface area contributed by atoms with E-state index in [1.54, 1.807) is 6.92 Å². The Bertz CT molecular complexity index is 1420. The van der Waals surface area contributed by atoms with Crippen molar-refractivity contribution in [1.82, 2.24) is 19.6 Å². The fraction of sp³-hybridized carbons (Fsp3) is 0.346. The number of halogens is 1. The molecule has 0 N–H and O–H groups in total. The van der Waals surface area contributed by atoms with Gasteiger partial charge in [-0.25, -0.2) is 13.9 Å². The molecule has 38 heavy (non-hydrogen) atoms. The second-order valence-corrected chi connectivity index (χ2v) is 8.65. The molecule has 1 aliphatic heterocycles. The van der Waals surface area contributed by atoms with Gasteiger partial charge in [0.05, 0.1) is 39.2 Å². The molecule has 12 heteroatoms. The summed E-state index contributed by atoms with van der Waals surface area (Å²) in [5.74, 6) is -0.155. The van der Waals surface area contributed by atoms with Gasteiger partial charge in [-0.1, -0.05) is 60.7 Å². The van der Waals surface area contributed by atoms with Crippen LogP contribution in [-0.4, -0.2) is 51.6 Å². The number of fused-ring (bicyclic) bond motifs is 1. The van der Waals surface area contributed by atoms with E-state index in [9.17, 15) is 0 Å². The van der Waals surface area contributed by atoms with E-state index >= 15 is 4.39 Å². The van der Waals surface area contributed by atoms with Crippen LogP contribution < -0.4 is 4.74 Å². The molecule has 1 saturated heterocycles. The molecule has 0 bridgehead atoms. The minimum absolute atomic E-state index is 0.0638. The van der Waals surface area contributed by atoms with Gasteiger partial charge in [-0.2, -0.15) is 4.98 Å². The number of imidazole rings is 1. The summed E-state index contributed by atoms with van der Waals surface area (Å²) in [7, 11) is 0. The maximum absolute atomic E-state index is 17.0. The van der Waals surface area contributed by atoms with E-state index in [1.807, 2.05) is 60.7 Å². The van der Waals surface area contributed by atoms with Crippen LogP contribution >= 0.6 is 0 Å². The summed E-state index contributed by atoms with van der Waals surface area (Å²) in [6.07, 6.45) is -0.406. The molecule has 0 amide bonds. The quantitative estimate of drug-likeness (QED) is 0.158. The number of nitrogens with zero attached hydrogens (tertiary/aromatic N) is 7. The fourth-order valence-electron chi connectivity index (χ4n) is 4.36. The lowest BCUT2D eigenvalue weighted by Crippen LogP contribution is -2.42. The van der Waals surface area contributed by atoms with Gasteiger partial charge in [-0.15, -0.1) is 5.10 Å². The molecule has 0 saturated carbocycles. The number of rotatable bonds is 11. The third-order valence-electron chi connectivity index (χ3n) is 6.12. The van der Waals surface area contributed by atoms with Crippen molar-refractivity contribution >= 4 is 11.6 Å². The topological polar surface area (TPSA) is 129 Å². The van der Waals surface area contributed by atoms with Crippen LogP contribution in [0.1, 0.15) is 23.7 Å². The second-order valence-electron chi connectivity index (χ2n) is 8.65. The van der Waals surface area contributed by atoms with E-state index in [1.165, 1.54) is 10.7 Å². The van der Waals surface area contributed by atoms with Crippen LogP contribution in [0.25, 0.3) is 16.1 Å². The molecular weight excluding hydrogens is 493 g/mol. The van der Waals surface area contributed by atoms with Gasteiger partial charge in [0.15, 0.2) is 0 Å². The Hall–Kier alpha value is -4.09. The van der Waals surface area contributed by atoms with Gasteiger partial charge >= 0.3 is 0 Å². The second kappa shape index (κ2) is 11.5. The first-order chi connectivity index (χ1) is 18.6. The summed E-state index contributed by atoms with van der Waals surface area (Å²) in [6, 6.07) is 19.2. The molecule has 1 aliphatic rings. The lowest BCUT2D eigenvalue weighted by Gasteiger charge is -2.28. The smallest absolute Gasteiger partial charge is 0.261 e. The van der Waals surface area contributed by atoms with Gasteiger partial charge in [-0.3, -0.25) is 0 Å². The molecule has 4 aromatic rings. The first-order valence-electron chi connectivity index (χ1n) is 12.1. The van der Waals surface area contributed by atoms with Crippen LogP contribution in [0.2, 0.25) is 0 Å². The first-order valence-corrected chi connectivity index (χ1v) is 12.1.